The molecule has 0 aromatic heterocycles. The van der Waals surface area contributed by atoms with Gasteiger partial charge in [0, 0.05) is 0 Å². The zero-order valence-electron chi connectivity index (χ0n) is 6.86. The Hall–Kier alpha value is 1.45. The van der Waals surface area contributed by atoms with Gasteiger partial charge in [-0.05, 0) is 13.3 Å². The topological polar surface area (TPSA) is 20.2 Å². The molecule has 1 N–H and O–H groups in total. The maximum Gasteiger partial charge on any atom is 1.00 e. The Bertz CT molecular complexity index is 96.2. The quantitative estimate of drug-likeness (QED) is 0.569. The van der Waals surface area contributed by atoms with E-state index in [1.165, 1.54) is 6.92 Å². The molecule has 11 heavy (non-hydrogen) atoms. The SMILES string of the molecule is CC(O)CCC[B-](F)(F)F.[K+]. The Balaban J connectivity index is 0. The second-order valence-corrected chi connectivity index (χ2v) is 2.49. The summed E-state index contributed by atoms with van der Waals surface area (Å²) < 4.78 is 34.5. The molecule has 0 aromatic carbocycles. The Kier molecular flexibility index (Phi) is 9.39. The predicted octanol–water partition coefficient (Wildman–Crippen LogP) is -1.00. The molecule has 62 valence electrons. The van der Waals surface area contributed by atoms with Crippen molar-refractivity contribution in [2.24, 2.45) is 0 Å². The van der Waals surface area contributed by atoms with Crippen LogP contribution in [0.1, 0.15) is 19.8 Å². The van der Waals surface area contributed by atoms with Crippen LogP contribution >= 0.6 is 0 Å². The third-order valence-corrected chi connectivity index (χ3v) is 1.15. The first kappa shape index (κ1) is 14.9. The predicted molar refractivity (Wildman–Crippen MR) is 34.8 cm³/mol. The smallest absolute Gasteiger partial charge is 0.449 e. The molecule has 0 spiro atoms. The van der Waals surface area contributed by atoms with Gasteiger partial charge in [0.1, 0.15) is 0 Å². The van der Waals surface area contributed by atoms with E-state index >= 15 is 0 Å². The molecule has 0 aromatic rings. The van der Waals surface area contributed by atoms with E-state index < -0.39 is 19.4 Å². The van der Waals surface area contributed by atoms with E-state index in [0.29, 0.717) is 0 Å². The minimum absolute atomic E-state index is 0. The fraction of sp³-hybridized carbons (Fsp3) is 1.00. The first-order valence-electron chi connectivity index (χ1n) is 3.31. The fourth-order valence-corrected chi connectivity index (χ4v) is 0.645. The standard InChI is InChI=1S/C5H11BF3O.K/c1-5(10)3-2-4-6(7,8)9;/h5,10H,2-4H2,1H3;/q-1;+1. The summed E-state index contributed by atoms with van der Waals surface area (Å²) in [6, 6.07) is 0. The van der Waals surface area contributed by atoms with E-state index in [2.05, 4.69) is 0 Å². The summed E-state index contributed by atoms with van der Waals surface area (Å²) in [5, 5.41) is 8.59. The van der Waals surface area contributed by atoms with Crippen molar-refractivity contribution in [2.45, 2.75) is 32.2 Å². The minimum atomic E-state index is -4.64. The van der Waals surface area contributed by atoms with Gasteiger partial charge in [0.05, 0.1) is 6.10 Å². The zero-order chi connectivity index (χ0) is 8.20. The molecular formula is C5H11BF3KO. The van der Waals surface area contributed by atoms with Crippen molar-refractivity contribution in [1.29, 1.82) is 0 Å². The molecular weight excluding hydrogens is 183 g/mol. The van der Waals surface area contributed by atoms with Crippen LogP contribution in [0.5, 0.6) is 0 Å². The zero-order valence-corrected chi connectivity index (χ0v) is 9.98. The van der Waals surface area contributed by atoms with Crippen LogP contribution in [0, 0.1) is 0 Å². The molecule has 0 aliphatic heterocycles. The Morgan fingerprint density at radius 3 is 2.09 bits per heavy atom. The van der Waals surface area contributed by atoms with Crippen LogP contribution < -0.4 is 51.4 Å². The van der Waals surface area contributed by atoms with Gasteiger partial charge in [-0.1, -0.05) is 12.7 Å². The number of rotatable bonds is 4. The number of aliphatic hydroxyl groups excluding tert-OH is 1. The largest absolute Gasteiger partial charge is 1.00 e. The van der Waals surface area contributed by atoms with Gasteiger partial charge in [0.25, 0.3) is 0 Å². The monoisotopic (exact) mass is 194 g/mol. The Morgan fingerprint density at radius 1 is 1.36 bits per heavy atom. The van der Waals surface area contributed by atoms with Crippen molar-refractivity contribution >= 4 is 6.98 Å². The average Bonchev–Trinajstić information content (AvgIpc) is 1.59. The number of hydrogen-bond acceptors (Lipinski definition) is 1. The molecule has 1 nitrogen and oxygen atoms in total. The van der Waals surface area contributed by atoms with E-state index in [-0.39, 0.29) is 64.2 Å². The second kappa shape index (κ2) is 6.91. The van der Waals surface area contributed by atoms with Crippen LogP contribution in [-0.2, 0) is 0 Å². The van der Waals surface area contributed by atoms with Gasteiger partial charge in [-0.15, -0.1) is 0 Å². The molecule has 1 atom stereocenters. The van der Waals surface area contributed by atoms with Crippen LogP contribution in [0.3, 0.4) is 0 Å². The van der Waals surface area contributed by atoms with Crippen LogP contribution in [0.2, 0.25) is 6.32 Å². The summed E-state index contributed by atoms with van der Waals surface area (Å²) in [7, 11) is 0. The van der Waals surface area contributed by atoms with Crippen molar-refractivity contribution in [3.63, 3.8) is 0 Å². The molecule has 0 saturated carbocycles. The maximum absolute atomic E-state index is 11.5. The van der Waals surface area contributed by atoms with Gasteiger partial charge in [-0.25, -0.2) is 0 Å². The Morgan fingerprint density at radius 2 is 1.82 bits per heavy atom. The van der Waals surface area contributed by atoms with Gasteiger partial charge < -0.3 is 18.1 Å². The third kappa shape index (κ3) is 14.3. The van der Waals surface area contributed by atoms with Crippen molar-refractivity contribution in [3.05, 3.63) is 0 Å². The summed E-state index contributed by atoms with van der Waals surface area (Å²) in [4.78, 5) is 0. The third-order valence-electron chi connectivity index (χ3n) is 1.15. The molecule has 0 fully saturated rings. The van der Waals surface area contributed by atoms with Crippen molar-refractivity contribution in [2.75, 3.05) is 0 Å². The minimum Gasteiger partial charge on any atom is -0.449 e. The first-order valence-corrected chi connectivity index (χ1v) is 3.31. The summed E-state index contributed by atoms with van der Waals surface area (Å²) in [6.07, 6.45) is -1.06. The molecule has 0 saturated heterocycles. The molecule has 0 aliphatic carbocycles. The van der Waals surface area contributed by atoms with E-state index in [4.69, 9.17) is 5.11 Å². The molecule has 1 unspecified atom stereocenters. The van der Waals surface area contributed by atoms with E-state index in [1.54, 1.807) is 0 Å². The van der Waals surface area contributed by atoms with E-state index in [1.807, 2.05) is 0 Å². The summed E-state index contributed by atoms with van der Waals surface area (Å²) in [6.45, 7) is -3.15. The summed E-state index contributed by atoms with van der Waals surface area (Å²) in [5.41, 5.74) is 0. The maximum atomic E-state index is 11.5. The number of halogens is 3. The van der Waals surface area contributed by atoms with Gasteiger partial charge in [0.15, 0.2) is 0 Å². The van der Waals surface area contributed by atoms with Crippen molar-refractivity contribution in [3.8, 4) is 0 Å². The van der Waals surface area contributed by atoms with Gasteiger partial charge >= 0.3 is 58.4 Å². The Labute approximate surface area is 107 Å². The molecule has 0 radical (unpaired) electrons. The van der Waals surface area contributed by atoms with Crippen molar-refractivity contribution < 1.29 is 69.4 Å². The average molecular weight is 194 g/mol. The molecule has 0 aliphatic rings. The van der Waals surface area contributed by atoms with Crippen LogP contribution in [-0.4, -0.2) is 18.2 Å². The summed E-state index contributed by atoms with van der Waals surface area (Å²) in [5.74, 6) is 0. The molecule has 0 heterocycles. The number of hydrogen-bond donors (Lipinski definition) is 1. The first-order chi connectivity index (χ1) is 4.42. The molecule has 0 amide bonds. The van der Waals surface area contributed by atoms with Gasteiger partial charge in [0.2, 0.25) is 0 Å². The number of aliphatic hydroxyl groups is 1. The normalized spacial score (nSPS) is 13.9. The van der Waals surface area contributed by atoms with E-state index in [0.717, 1.165) is 0 Å². The van der Waals surface area contributed by atoms with Gasteiger partial charge in [-0.2, -0.15) is 0 Å². The van der Waals surface area contributed by atoms with Crippen LogP contribution in [0.25, 0.3) is 0 Å². The molecule has 0 bridgehead atoms. The van der Waals surface area contributed by atoms with Crippen LogP contribution in [0.4, 0.5) is 12.9 Å². The van der Waals surface area contributed by atoms with E-state index in [9.17, 15) is 12.9 Å². The second-order valence-electron chi connectivity index (χ2n) is 2.49. The fourth-order valence-electron chi connectivity index (χ4n) is 0.645. The van der Waals surface area contributed by atoms with Crippen LogP contribution in [0.15, 0.2) is 0 Å². The molecule has 6 heteroatoms. The molecule has 0 rings (SSSR count). The van der Waals surface area contributed by atoms with Crippen molar-refractivity contribution in [1.82, 2.24) is 0 Å². The van der Waals surface area contributed by atoms with Gasteiger partial charge in [-0.3, -0.25) is 0 Å². The summed E-state index contributed by atoms with van der Waals surface area (Å²) >= 11 is 0.